The van der Waals surface area contributed by atoms with Gasteiger partial charge in [-0.05, 0) is 41.6 Å². The van der Waals surface area contributed by atoms with Gasteiger partial charge in [-0.25, -0.2) is 0 Å². The lowest BCUT2D eigenvalue weighted by molar-refractivity contribution is -0.137. The van der Waals surface area contributed by atoms with Crippen LogP contribution in [0.5, 0.6) is 0 Å². The number of alkyl halides is 3. The van der Waals surface area contributed by atoms with Crippen LogP contribution in [0.4, 0.5) is 13.2 Å². The minimum absolute atomic E-state index is 0. The van der Waals surface area contributed by atoms with E-state index in [0.717, 1.165) is 18.7 Å². The first-order chi connectivity index (χ1) is 10.9. The molecule has 10 heteroatoms. The van der Waals surface area contributed by atoms with Crippen LogP contribution in [0.25, 0.3) is 5.69 Å². The van der Waals surface area contributed by atoms with Crippen molar-refractivity contribution >= 4 is 12.4 Å². The highest BCUT2D eigenvalue weighted by atomic mass is 35.5. The van der Waals surface area contributed by atoms with Crippen LogP contribution in [-0.2, 0) is 17.5 Å². The number of morpholine rings is 1. The fraction of sp³-hybridized carbons (Fsp3) is 0.500. The maximum atomic E-state index is 12.6. The third-order valence-corrected chi connectivity index (χ3v) is 3.82. The summed E-state index contributed by atoms with van der Waals surface area (Å²) in [6, 6.07) is 5.02. The first-order valence-corrected chi connectivity index (χ1v) is 7.22. The van der Waals surface area contributed by atoms with E-state index in [-0.39, 0.29) is 18.4 Å². The summed E-state index contributed by atoms with van der Waals surface area (Å²) in [7, 11) is 0. The van der Waals surface area contributed by atoms with Crippen molar-refractivity contribution in [3.8, 4) is 5.69 Å². The molecule has 1 aromatic carbocycles. The third kappa shape index (κ3) is 4.03. The Kier molecular flexibility index (Phi) is 5.79. The van der Waals surface area contributed by atoms with Crippen LogP contribution in [0.1, 0.15) is 18.3 Å². The van der Waals surface area contributed by atoms with Crippen LogP contribution in [0.3, 0.4) is 0 Å². The van der Waals surface area contributed by atoms with E-state index in [2.05, 4.69) is 20.4 Å². The molecule has 0 spiro atoms. The molecule has 2 aromatic rings. The molecule has 0 amide bonds. The van der Waals surface area contributed by atoms with Crippen molar-refractivity contribution in [3.05, 3.63) is 35.7 Å². The second-order valence-corrected chi connectivity index (χ2v) is 5.45. The van der Waals surface area contributed by atoms with E-state index in [0.29, 0.717) is 31.3 Å². The molecule has 0 aliphatic carbocycles. The summed E-state index contributed by atoms with van der Waals surface area (Å²) >= 11 is 0. The fourth-order valence-electron chi connectivity index (χ4n) is 2.47. The maximum Gasteiger partial charge on any atom is 0.416 e. The molecule has 1 saturated heterocycles. The summed E-state index contributed by atoms with van der Waals surface area (Å²) in [5, 5.41) is 11.5. The zero-order chi connectivity index (χ0) is 16.4. The summed E-state index contributed by atoms with van der Waals surface area (Å²) in [6.45, 7) is 4.61. The Morgan fingerprint density at radius 1 is 1.25 bits per heavy atom. The van der Waals surface area contributed by atoms with E-state index in [1.54, 1.807) is 0 Å². The van der Waals surface area contributed by atoms with Gasteiger partial charge < -0.3 is 4.74 Å². The zero-order valence-corrected chi connectivity index (χ0v) is 13.7. The number of hydrogen-bond acceptors (Lipinski definition) is 5. The summed E-state index contributed by atoms with van der Waals surface area (Å²) in [5.41, 5.74) is -0.198. The highest BCUT2D eigenvalue weighted by Gasteiger charge is 2.30. The van der Waals surface area contributed by atoms with Crippen LogP contribution in [0.15, 0.2) is 24.3 Å². The highest BCUT2D eigenvalue weighted by molar-refractivity contribution is 5.85. The van der Waals surface area contributed by atoms with Crippen LogP contribution in [0.2, 0.25) is 0 Å². The van der Waals surface area contributed by atoms with Crippen molar-refractivity contribution in [3.63, 3.8) is 0 Å². The predicted octanol–water partition coefficient (Wildman–Crippen LogP) is 2.32. The van der Waals surface area contributed by atoms with Gasteiger partial charge in [0.25, 0.3) is 0 Å². The Morgan fingerprint density at radius 2 is 1.96 bits per heavy atom. The van der Waals surface area contributed by atoms with E-state index < -0.39 is 11.7 Å². The van der Waals surface area contributed by atoms with Crippen molar-refractivity contribution in [2.45, 2.75) is 25.7 Å². The number of ether oxygens (including phenoxy) is 1. The molecule has 24 heavy (non-hydrogen) atoms. The molecule has 3 rings (SSSR count). The second kappa shape index (κ2) is 7.45. The number of benzene rings is 1. The average Bonchev–Trinajstić information content (AvgIpc) is 2.97. The molecule has 0 N–H and O–H groups in total. The number of nitrogens with zero attached hydrogens (tertiary/aromatic N) is 5. The van der Waals surface area contributed by atoms with E-state index >= 15 is 0 Å². The van der Waals surface area contributed by atoms with Crippen LogP contribution < -0.4 is 0 Å². The molecular weight excluding hydrogens is 347 g/mol. The van der Waals surface area contributed by atoms with Crippen LogP contribution >= 0.6 is 12.4 Å². The Morgan fingerprint density at radius 3 is 2.58 bits per heavy atom. The maximum absolute atomic E-state index is 12.6. The number of rotatable bonds is 3. The average molecular weight is 364 g/mol. The Bertz CT molecular complexity index is 661. The molecule has 132 valence electrons. The second-order valence-electron chi connectivity index (χ2n) is 5.45. The largest absolute Gasteiger partial charge is 0.416 e. The quantitative estimate of drug-likeness (QED) is 0.837. The minimum Gasteiger partial charge on any atom is -0.379 e. The topological polar surface area (TPSA) is 56.1 Å². The molecule has 0 radical (unpaired) electrons. The summed E-state index contributed by atoms with van der Waals surface area (Å²) in [5.74, 6) is 0.582. The monoisotopic (exact) mass is 363 g/mol. The van der Waals surface area contributed by atoms with Gasteiger partial charge in [0.05, 0.1) is 31.0 Å². The van der Waals surface area contributed by atoms with E-state index in [4.69, 9.17) is 4.74 Å². The Labute approximate surface area is 143 Å². The highest BCUT2D eigenvalue weighted by Crippen LogP contribution is 2.29. The molecule has 1 aromatic heterocycles. The van der Waals surface area contributed by atoms with Crippen molar-refractivity contribution in [1.82, 2.24) is 25.1 Å². The van der Waals surface area contributed by atoms with Gasteiger partial charge in [-0.15, -0.1) is 17.5 Å². The molecule has 0 bridgehead atoms. The minimum atomic E-state index is -4.36. The fourth-order valence-corrected chi connectivity index (χ4v) is 2.47. The van der Waals surface area contributed by atoms with Crippen molar-refractivity contribution < 1.29 is 17.9 Å². The van der Waals surface area contributed by atoms with E-state index in [1.807, 2.05) is 6.92 Å². The van der Waals surface area contributed by atoms with Crippen LogP contribution in [-0.4, -0.2) is 50.9 Å². The van der Waals surface area contributed by atoms with Gasteiger partial charge in [0.1, 0.15) is 0 Å². The van der Waals surface area contributed by atoms with Gasteiger partial charge >= 0.3 is 6.18 Å². The van der Waals surface area contributed by atoms with Gasteiger partial charge in [-0.2, -0.15) is 17.9 Å². The Hall–Kier alpha value is -1.71. The molecular formula is C14H17ClF3N5O. The first kappa shape index (κ1) is 18.6. The zero-order valence-electron chi connectivity index (χ0n) is 12.9. The van der Waals surface area contributed by atoms with Crippen molar-refractivity contribution in [1.29, 1.82) is 0 Å². The van der Waals surface area contributed by atoms with Crippen molar-refractivity contribution in [2.75, 3.05) is 19.8 Å². The SMILES string of the molecule is C[C@@H]1COCCN1Cc1nnnn1-c1ccc(C(F)(F)F)cc1.Cl. The molecule has 0 saturated carbocycles. The van der Waals surface area contributed by atoms with Gasteiger partial charge in [0.2, 0.25) is 0 Å². The third-order valence-electron chi connectivity index (χ3n) is 3.82. The number of hydrogen-bond donors (Lipinski definition) is 0. The summed E-state index contributed by atoms with van der Waals surface area (Å²) in [6.07, 6.45) is -4.36. The summed E-state index contributed by atoms with van der Waals surface area (Å²) < 4.78 is 44.7. The molecule has 1 atom stereocenters. The van der Waals surface area contributed by atoms with E-state index in [1.165, 1.54) is 16.8 Å². The van der Waals surface area contributed by atoms with E-state index in [9.17, 15) is 13.2 Å². The molecule has 0 unspecified atom stereocenters. The molecule has 2 heterocycles. The molecule has 1 aliphatic rings. The number of aromatic nitrogens is 4. The van der Waals surface area contributed by atoms with Crippen molar-refractivity contribution in [2.24, 2.45) is 0 Å². The lowest BCUT2D eigenvalue weighted by Gasteiger charge is -2.32. The molecule has 1 fully saturated rings. The standard InChI is InChI=1S/C14H16F3N5O.ClH/c1-10-9-23-7-6-21(10)8-13-18-19-20-22(13)12-4-2-11(3-5-12)14(15,16)17;/h2-5,10H,6-9H2,1H3;1H/t10-;/m1./s1. The normalized spacial score (nSPS) is 19.1. The van der Waals surface area contributed by atoms with Gasteiger partial charge in [0.15, 0.2) is 5.82 Å². The Balaban J connectivity index is 0.00000208. The smallest absolute Gasteiger partial charge is 0.379 e. The van der Waals surface area contributed by atoms with Gasteiger partial charge in [-0.3, -0.25) is 4.90 Å². The predicted molar refractivity (Wildman–Crippen MR) is 82.1 cm³/mol. The van der Waals surface area contributed by atoms with Gasteiger partial charge in [0, 0.05) is 12.6 Å². The number of tetrazole rings is 1. The first-order valence-electron chi connectivity index (χ1n) is 7.22. The lowest BCUT2D eigenvalue weighted by atomic mass is 10.2. The molecule has 1 aliphatic heterocycles. The molecule has 6 nitrogen and oxygen atoms in total. The number of halogens is 4. The van der Waals surface area contributed by atoms with Gasteiger partial charge in [-0.1, -0.05) is 0 Å². The lowest BCUT2D eigenvalue weighted by Crippen LogP contribution is -2.43. The summed E-state index contributed by atoms with van der Waals surface area (Å²) in [4.78, 5) is 2.18. The van der Waals surface area contributed by atoms with Crippen LogP contribution in [0, 0.1) is 0 Å².